The van der Waals surface area contributed by atoms with Crippen LogP contribution >= 0.6 is 0 Å². The molecule has 0 aromatic rings. The zero-order valence-electron chi connectivity index (χ0n) is 9.29. The number of aliphatic hydroxyl groups is 1. The third kappa shape index (κ3) is 1.16. The first kappa shape index (κ1) is 10.2. The Hall–Kier alpha value is -0.370. The van der Waals surface area contributed by atoms with Crippen LogP contribution in [-0.2, 0) is 4.79 Å². The van der Waals surface area contributed by atoms with Gasteiger partial charge < -0.3 is 5.11 Å². The van der Waals surface area contributed by atoms with E-state index < -0.39 is 0 Å². The molecule has 3 saturated carbocycles. The van der Waals surface area contributed by atoms with Crippen LogP contribution in [0, 0.1) is 23.2 Å². The molecule has 5 unspecified atom stereocenters. The standard InChI is InChI=1S/C12H20O2/c1-7-11(14)9-4-5-12(7,3)10(6-9)8(2)13/h7-10,13H,4-6H2,1-3H3. The van der Waals surface area contributed by atoms with E-state index in [0.29, 0.717) is 11.7 Å². The summed E-state index contributed by atoms with van der Waals surface area (Å²) in [6.07, 6.45) is 2.80. The second-order valence-electron chi connectivity index (χ2n) is 5.45. The zero-order valence-corrected chi connectivity index (χ0v) is 9.29. The van der Waals surface area contributed by atoms with Gasteiger partial charge in [-0.3, -0.25) is 4.79 Å². The van der Waals surface area contributed by atoms with Crippen LogP contribution in [0.1, 0.15) is 40.0 Å². The molecule has 3 fully saturated rings. The van der Waals surface area contributed by atoms with Crippen LogP contribution in [0.25, 0.3) is 0 Å². The van der Waals surface area contributed by atoms with E-state index in [0.717, 1.165) is 19.3 Å². The number of rotatable bonds is 1. The topological polar surface area (TPSA) is 37.3 Å². The van der Waals surface area contributed by atoms with Crippen LogP contribution in [0.5, 0.6) is 0 Å². The molecule has 0 saturated heterocycles. The highest BCUT2D eigenvalue weighted by Gasteiger charge is 2.54. The minimum absolute atomic E-state index is 0.0556. The Bertz CT molecular complexity index is 259. The van der Waals surface area contributed by atoms with E-state index in [1.807, 2.05) is 13.8 Å². The van der Waals surface area contributed by atoms with Crippen molar-refractivity contribution in [2.75, 3.05) is 0 Å². The predicted octanol–water partition coefficient (Wildman–Crippen LogP) is 2.01. The molecule has 3 aliphatic carbocycles. The lowest BCUT2D eigenvalue weighted by atomic mass is 9.50. The summed E-state index contributed by atoms with van der Waals surface area (Å²) >= 11 is 0. The number of hydrogen-bond acceptors (Lipinski definition) is 2. The van der Waals surface area contributed by atoms with Gasteiger partial charge in [-0.15, -0.1) is 0 Å². The Morgan fingerprint density at radius 2 is 2.21 bits per heavy atom. The fraction of sp³-hybridized carbons (Fsp3) is 0.917. The average molecular weight is 196 g/mol. The summed E-state index contributed by atoms with van der Waals surface area (Å²) in [6, 6.07) is 0. The average Bonchev–Trinajstić information content (AvgIpc) is 2.13. The Labute approximate surface area is 85.7 Å². The number of fused-ring (bicyclic) bond motifs is 3. The molecule has 2 heteroatoms. The molecule has 0 aliphatic heterocycles. The quantitative estimate of drug-likeness (QED) is 0.696. The number of ketones is 1. The molecule has 0 amide bonds. The molecule has 1 N–H and O–H groups in total. The third-order valence-corrected chi connectivity index (χ3v) is 4.82. The molecule has 80 valence electrons. The summed E-state index contributed by atoms with van der Waals surface area (Å²) in [7, 11) is 0. The van der Waals surface area contributed by atoms with Crippen LogP contribution < -0.4 is 0 Å². The van der Waals surface area contributed by atoms with Gasteiger partial charge in [0, 0.05) is 11.8 Å². The molecule has 2 nitrogen and oxygen atoms in total. The van der Waals surface area contributed by atoms with Gasteiger partial charge in [0.25, 0.3) is 0 Å². The Balaban J connectivity index is 2.32. The van der Waals surface area contributed by atoms with Crippen molar-refractivity contribution in [1.29, 1.82) is 0 Å². The minimum Gasteiger partial charge on any atom is -0.393 e. The maximum Gasteiger partial charge on any atom is 0.139 e. The Morgan fingerprint density at radius 3 is 2.79 bits per heavy atom. The third-order valence-electron chi connectivity index (χ3n) is 4.82. The second-order valence-corrected chi connectivity index (χ2v) is 5.45. The molecule has 0 aromatic carbocycles. The van der Waals surface area contributed by atoms with Gasteiger partial charge in [0.15, 0.2) is 0 Å². The van der Waals surface area contributed by atoms with Gasteiger partial charge in [0.05, 0.1) is 6.10 Å². The predicted molar refractivity (Wildman–Crippen MR) is 54.8 cm³/mol. The van der Waals surface area contributed by atoms with Gasteiger partial charge >= 0.3 is 0 Å². The van der Waals surface area contributed by atoms with Crippen molar-refractivity contribution in [3.05, 3.63) is 0 Å². The molecule has 0 spiro atoms. The van der Waals surface area contributed by atoms with E-state index in [4.69, 9.17) is 0 Å². The summed E-state index contributed by atoms with van der Waals surface area (Å²) in [6.45, 7) is 6.10. The van der Waals surface area contributed by atoms with Gasteiger partial charge in [-0.1, -0.05) is 13.8 Å². The summed E-state index contributed by atoms with van der Waals surface area (Å²) in [4.78, 5) is 11.9. The first-order valence-electron chi connectivity index (χ1n) is 5.68. The number of aliphatic hydroxyl groups excluding tert-OH is 1. The fourth-order valence-corrected chi connectivity index (χ4v) is 3.59. The largest absolute Gasteiger partial charge is 0.393 e. The zero-order chi connectivity index (χ0) is 10.5. The molecular formula is C12H20O2. The fourth-order valence-electron chi connectivity index (χ4n) is 3.59. The van der Waals surface area contributed by atoms with Gasteiger partial charge in [-0.25, -0.2) is 0 Å². The SMILES string of the molecule is CC(O)C1CC2CCC1(C)C(C)C2=O. The Morgan fingerprint density at radius 1 is 1.57 bits per heavy atom. The summed E-state index contributed by atoms with van der Waals surface area (Å²) in [5.74, 6) is 1.16. The van der Waals surface area contributed by atoms with E-state index in [1.54, 1.807) is 0 Å². The Kier molecular flexibility index (Phi) is 2.22. The van der Waals surface area contributed by atoms with Crippen molar-refractivity contribution in [3.8, 4) is 0 Å². The molecule has 2 bridgehead atoms. The van der Waals surface area contributed by atoms with Crippen LogP contribution in [0.3, 0.4) is 0 Å². The first-order chi connectivity index (χ1) is 6.47. The van der Waals surface area contributed by atoms with Crippen LogP contribution in [0.2, 0.25) is 0 Å². The van der Waals surface area contributed by atoms with Gasteiger partial charge in [0.2, 0.25) is 0 Å². The molecule has 0 radical (unpaired) electrons. The van der Waals surface area contributed by atoms with E-state index in [-0.39, 0.29) is 23.4 Å². The van der Waals surface area contributed by atoms with Crippen molar-refractivity contribution in [3.63, 3.8) is 0 Å². The first-order valence-corrected chi connectivity index (χ1v) is 5.68. The molecule has 3 rings (SSSR count). The molecule has 3 aliphatic rings. The van der Waals surface area contributed by atoms with Crippen molar-refractivity contribution >= 4 is 5.78 Å². The molecule has 0 heterocycles. The van der Waals surface area contributed by atoms with Gasteiger partial charge in [0.1, 0.15) is 5.78 Å². The van der Waals surface area contributed by atoms with Gasteiger partial charge in [-0.05, 0) is 37.5 Å². The van der Waals surface area contributed by atoms with Crippen molar-refractivity contribution < 1.29 is 9.90 Å². The number of carbonyl (C=O) groups is 1. The summed E-state index contributed by atoms with van der Waals surface area (Å²) in [5, 5.41) is 9.76. The number of hydrogen-bond donors (Lipinski definition) is 1. The lowest BCUT2D eigenvalue weighted by molar-refractivity contribution is -0.153. The van der Waals surface area contributed by atoms with Gasteiger partial charge in [-0.2, -0.15) is 0 Å². The normalized spacial score (nSPS) is 49.4. The maximum absolute atomic E-state index is 11.9. The lowest BCUT2D eigenvalue weighted by Gasteiger charge is -2.54. The van der Waals surface area contributed by atoms with Crippen LogP contribution in [0.4, 0.5) is 0 Å². The summed E-state index contributed by atoms with van der Waals surface area (Å²) in [5.41, 5.74) is 0.0556. The smallest absolute Gasteiger partial charge is 0.139 e. The van der Waals surface area contributed by atoms with E-state index in [9.17, 15) is 9.90 Å². The lowest BCUT2D eigenvalue weighted by Crippen LogP contribution is -2.54. The van der Waals surface area contributed by atoms with E-state index >= 15 is 0 Å². The van der Waals surface area contributed by atoms with E-state index in [2.05, 4.69) is 6.92 Å². The summed E-state index contributed by atoms with van der Waals surface area (Å²) < 4.78 is 0. The molecule has 14 heavy (non-hydrogen) atoms. The number of Topliss-reactive ketones (excluding diaryl/α,β-unsaturated/α-hetero) is 1. The van der Waals surface area contributed by atoms with Crippen molar-refractivity contribution in [2.24, 2.45) is 23.2 Å². The highest BCUT2D eigenvalue weighted by atomic mass is 16.3. The highest BCUT2D eigenvalue weighted by Crippen LogP contribution is 2.55. The van der Waals surface area contributed by atoms with E-state index in [1.165, 1.54) is 0 Å². The van der Waals surface area contributed by atoms with Crippen molar-refractivity contribution in [2.45, 2.75) is 46.1 Å². The molecule has 5 atom stereocenters. The molecule has 0 aromatic heterocycles. The molecular weight excluding hydrogens is 176 g/mol. The minimum atomic E-state index is -0.265. The van der Waals surface area contributed by atoms with Crippen molar-refractivity contribution in [1.82, 2.24) is 0 Å². The maximum atomic E-state index is 11.9. The highest BCUT2D eigenvalue weighted by molar-refractivity contribution is 5.85. The monoisotopic (exact) mass is 196 g/mol. The second kappa shape index (κ2) is 3.06. The van der Waals surface area contributed by atoms with Crippen LogP contribution in [0.15, 0.2) is 0 Å². The number of carbonyl (C=O) groups excluding carboxylic acids is 1. The van der Waals surface area contributed by atoms with Crippen LogP contribution in [-0.4, -0.2) is 17.0 Å².